The van der Waals surface area contributed by atoms with E-state index in [1.807, 2.05) is 11.8 Å². The highest BCUT2D eigenvalue weighted by Crippen LogP contribution is 2.39. The molecule has 3 aromatic heterocycles. The van der Waals surface area contributed by atoms with Gasteiger partial charge in [-0.15, -0.1) is 16.4 Å². The van der Waals surface area contributed by atoms with Crippen LogP contribution in [0.15, 0.2) is 0 Å². The van der Waals surface area contributed by atoms with Crippen LogP contribution in [-0.2, 0) is 12.8 Å². The molecule has 1 amide bonds. The SMILES string of the molecule is CC[NH+]1CCN(C(=O)c2nc3c4c5c(sc4nc(C)n3n2)CC[C@H](C)C5)CC1. The van der Waals surface area contributed by atoms with Crippen molar-refractivity contribution >= 4 is 33.1 Å². The highest BCUT2D eigenvalue weighted by Gasteiger charge is 2.29. The van der Waals surface area contributed by atoms with E-state index in [1.165, 1.54) is 16.9 Å². The fraction of sp³-hybridized carbons (Fsp3) is 0.600. The first-order valence-corrected chi connectivity index (χ1v) is 11.2. The molecule has 1 saturated heterocycles. The van der Waals surface area contributed by atoms with Crippen LogP contribution in [0.2, 0.25) is 0 Å². The summed E-state index contributed by atoms with van der Waals surface area (Å²) in [6.45, 7) is 11.1. The molecular weight excluding hydrogens is 372 g/mol. The number of thiophene rings is 1. The highest BCUT2D eigenvalue weighted by atomic mass is 32.1. The van der Waals surface area contributed by atoms with Crippen molar-refractivity contribution in [2.75, 3.05) is 32.7 Å². The van der Waals surface area contributed by atoms with Crippen LogP contribution in [-0.4, -0.2) is 63.1 Å². The summed E-state index contributed by atoms with van der Waals surface area (Å²) in [4.78, 5) is 28.5. The highest BCUT2D eigenvalue weighted by molar-refractivity contribution is 7.19. The summed E-state index contributed by atoms with van der Waals surface area (Å²) in [5.74, 6) is 1.72. The van der Waals surface area contributed by atoms with Gasteiger partial charge in [0.05, 0.1) is 38.1 Å². The number of piperazine rings is 1. The molecule has 5 rings (SSSR count). The van der Waals surface area contributed by atoms with Crippen LogP contribution in [0.1, 0.15) is 47.2 Å². The summed E-state index contributed by atoms with van der Waals surface area (Å²) in [7, 11) is 0. The molecule has 0 bridgehead atoms. The summed E-state index contributed by atoms with van der Waals surface area (Å²) in [5, 5.41) is 5.69. The Balaban J connectivity index is 1.57. The average Bonchev–Trinajstić information content (AvgIpc) is 3.29. The van der Waals surface area contributed by atoms with Gasteiger partial charge in [0.15, 0.2) is 5.65 Å². The quantitative estimate of drug-likeness (QED) is 0.702. The minimum absolute atomic E-state index is 0.0520. The third-order valence-corrected chi connectivity index (χ3v) is 7.52. The first kappa shape index (κ1) is 18.0. The van der Waals surface area contributed by atoms with Gasteiger partial charge in [-0.2, -0.15) is 4.52 Å². The number of aryl methyl sites for hydroxylation is 2. The van der Waals surface area contributed by atoms with Crippen molar-refractivity contribution in [3.8, 4) is 0 Å². The summed E-state index contributed by atoms with van der Waals surface area (Å²) < 4.78 is 1.77. The second kappa shape index (κ2) is 6.77. The molecule has 1 fully saturated rings. The van der Waals surface area contributed by atoms with Gasteiger partial charge < -0.3 is 9.80 Å². The molecular formula is C20H27N6OS+. The molecule has 3 aromatic rings. The van der Waals surface area contributed by atoms with Crippen molar-refractivity contribution in [3.05, 3.63) is 22.1 Å². The van der Waals surface area contributed by atoms with Crippen molar-refractivity contribution < 1.29 is 9.69 Å². The van der Waals surface area contributed by atoms with E-state index < -0.39 is 0 Å². The van der Waals surface area contributed by atoms with Crippen molar-refractivity contribution in [1.29, 1.82) is 0 Å². The molecule has 28 heavy (non-hydrogen) atoms. The molecule has 7 nitrogen and oxygen atoms in total. The molecule has 1 aliphatic carbocycles. The molecule has 2 aliphatic rings. The summed E-state index contributed by atoms with van der Waals surface area (Å²) in [6.07, 6.45) is 3.41. The van der Waals surface area contributed by atoms with Crippen molar-refractivity contribution in [2.24, 2.45) is 5.92 Å². The predicted molar refractivity (Wildman–Crippen MR) is 109 cm³/mol. The number of fused-ring (bicyclic) bond motifs is 5. The fourth-order valence-corrected chi connectivity index (χ4v) is 5.81. The van der Waals surface area contributed by atoms with Gasteiger partial charge >= 0.3 is 0 Å². The molecule has 4 heterocycles. The van der Waals surface area contributed by atoms with Crippen LogP contribution < -0.4 is 4.90 Å². The number of hydrogen-bond donors (Lipinski definition) is 1. The van der Waals surface area contributed by atoms with Gasteiger partial charge in [-0.3, -0.25) is 4.79 Å². The minimum atomic E-state index is -0.0520. The summed E-state index contributed by atoms with van der Waals surface area (Å²) in [6, 6.07) is 0. The van der Waals surface area contributed by atoms with E-state index >= 15 is 0 Å². The number of amides is 1. The molecule has 0 aromatic carbocycles. The molecule has 1 N–H and O–H groups in total. The number of carbonyl (C=O) groups excluding carboxylic acids is 1. The van der Waals surface area contributed by atoms with E-state index in [-0.39, 0.29) is 5.91 Å². The van der Waals surface area contributed by atoms with E-state index in [4.69, 9.17) is 9.97 Å². The minimum Gasteiger partial charge on any atom is -0.332 e. The van der Waals surface area contributed by atoms with Crippen molar-refractivity contribution in [1.82, 2.24) is 24.5 Å². The molecule has 8 heteroatoms. The van der Waals surface area contributed by atoms with E-state index in [0.717, 1.165) is 67.3 Å². The van der Waals surface area contributed by atoms with Crippen LogP contribution in [0.4, 0.5) is 0 Å². The lowest BCUT2D eigenvalue weighted by atomic mass is 9.89. The Hall–Kier alpha value is -2.06. The smallest absolute Gasteiger partial charge is 0.293 e. The normalized spacial score (nSPS) is 20.8. The molecule has 0 spiro atoms. The second-order valence-corrected chi connectivity index (χ2v) is 9.34. The lowest BCUT2D eigenvalue weighted by Crippen LogP contribution is -3.14. The van der Waals surface area contributed by atoms with E-state index in [1.54, 1.807) is 20.8 Å². The lowest BCUT2D eigenvalue weighted by molar-refractivity contribution is -0.902. The number of quaternary nitrogens is 1. The molecule has 1 atom stereocenters. The number of rotatable bonds is 2. The maximum Gasteiger partial charge on any atom is 0.293 e. The standard InChI is InChI=1S/C20H26N6OS/c1-4-24-7-9-25(10-8-24)20(27)17-22-18-16-14-11-12(2)5-6-15(14)28-19(16)21-13(3)26(18)23-17/h12H,4-11H2,1-3H3/p+1/t12-/m0/s1. The van der Waals surface area contributed by atoms with Gasteiger partial charge in [-0.1, -0.05) is 6.92 Å². The topological polar surface area (TPSA) is 67.8 Å². The third-order valence-electron chi connectivity index (χ3n) is 6.34. The molecule has 1 aliphatic heterocycles. The van der Waals surface area contributed by atoms with Gasteiger partial charge in [0.2, 0.25) is 5.82 Å². The third kappa shape index (κ3) is 2.81. The van der Waals surface area contributed by atoms with Gasteiger partial charge in [-0.25, -0.2) is 9.97 Å². The van der Waals surface area contributed by atoms with E-state index in [0.29, 0.717) is 11.7 Å². The van der Waals surface area contributed by atoms with Gasteiger partial charge in [0.1, 0.15) is 10.7 Å². The Labute approximate surface area is 168 Å². The number of likely N-dealkylation sites (N-methyl/N-ethyl adjacent to an activating group) is 1. The maximum atomic E-state index is 13.1. The predicted octanol–water partition coefficient (Wildman–Crippen LogP) is 1.13. The summed E-state index contributed by atoms with van der Waals surface area (Å²) >= 11 is 1.79. The molecule has 0 radical (unpaired) electrons. The number of aromatic nitrogens is 4. The molecule has 0 saturated carbocycles. The van der Waals surface area contributed by atoms with Crippen LogP contribution in [0, 0.1) is 12.8 Å². The van der Waals surface area contributed by atoms with Crippen molar-refractivity contribution in [3.63, 3.8) is 0 Å². The monoisotopic (exact) mass is 399 g/mol. The van der Waals surface area contributed by atoms with Gasteiger partial charge in [-0.05, 0) is 44.6 Å². The zero-order valence-corrected chi connectivity index (χ0v) is 17.6. The Bertz CT molecular complexity index is 1060. The number of hydrogen-bond acceptors (Lipinski definition) is 5. The zero-order chi connectivity index (χ0) is 19.4. The van der Waals surface area contributed by atoms with Crippen LogP contribution in [0.25, 0.3) is 15.9 Å². The fourth-order valence-electron chi connectivity index (χ4n) is 4.56. The van der Waals surface area contributed by atoms with Crippen LogP contribution in [0.5, 0.6) is 0 Å². The number of nitrogens with zero attached hydrogens (tertiary/aromatic N) is 5. The number of nitrogens with one attached hydrogen (secondary N) is 1. The zero-order valence-electron chi connectivity index (χ0n) is 16.8. The Morgan fingerprint density at radius 3 is 2.82 bits per heavy atom. The maximum absolute atomic E-state index is 13.1. The average molecular weight is 400 g/mol. The lowest BCUT2D eigenvalue weighted by Gasteiger charge is -2.30. The first-order valence-electron chi connectivity index (χ1n) is 10.4. The first-order chi connectivity index (χ1) is 13.5. The van der Waals surface area contributed by atoms with Crippen LogP contribution >= 0.6 is 11.3 Å². The van der Waals surface area contributed by atoms with Crippen molar-refractivity contribution in [2.45, 2.75) is 40.0 Å². The van der Waals surface area contributed by atoms with Crippen LogP contribution in [0.3, 0.4) is 0 Å². The largest absolute Gasteiger partial charge is 0.332 e. The molecule has 148 valence electrons. The second-order valence-electron chi connectivity index (χ2n) is 8.26. The van der Waals surface area contributed by atoms with Gasteiger partial charge in [0, 0.05) is 4.88 Å². The van der Waals surface area contributed by atoms with Gasteiger partial charge in [0.25, 0.3) is 5.91 Å². The summed E-state index contributed by atoms with van der Waals surface area (Å²) in [5.41, 5.74) is 2.18. The van der Waals surface area contributed by atoms with E-state index in [2.05, 4.69) is 18.9 Å². The Morgan fingerprint density at radius 2 is 2.07 bits per heavy atom. The Morgan fingerprint density at radius 1 is 1.29 bits per heavy atom. The number of carbonyl (C=O) groups is 1. The van der Waals surface area contributed by atoms with E-state index in [9.17, 15) is 4.79 Å². The molecule has 0 unspecified atom stereocenters. The Kier molecular flexibility index (Phi) is 4.35.